The Bertz CT molecular complexity index is 1310. The Morgan fingerprint density at radius 2 is 1.91 bits per heavy atom. The van der Waals surface area contributed by atoms with E-state index >= 15 is 0 Å². The van der Waals surface area contributed by atoms with E-state index in [4.69, 9.17) is 5.73 Å². The van der Waals surface area contributed by atoms with Gasteiger partial charge in [0.05, 0.1) is 9.10 Å². The summed E-state index contributed by atoms with van der Waals surface area (Å²) in [5.41, 5.74) is 6.16. The molecule has 2 aliphatic heterocycles. The second kappa shape index (κ2) is 11.5. The molecule has 1 aromatic rings. The predicted octanol–water partition coefficient (Wildman–Crippen LogP) is 3.37. The number of carbonyl (C=O) groups is 1. The average molecular weight is 538 g/mol. The van der Waals surface area contributed by atoms with E-state index in [0.29, 0.717) is 36.0 Å². The number of amides is 1. The van der Waals surface area contributed by atoms with Crippen LogP contribution in [0.3, 0.4) is 0 Å². The number of nitrogens with two attached hydrogens (primary N) is 1. The molecular formula is C23H31N5O4S3. The number of carbonyl (C=O) groups excluding carboxylic acids is 1. The Balaban J connectivity index is 2.10. The number of anilines is 1. The number of fused-ring (bicyclic) bond motifs is 1. The Morgan fingerprint density at radius 1 is 1.23 bits per heavy atom. The lowest BCUT2D eigenvalue weighted by Gasteiger charge is -2.18. The molecule has 0 bridgehead atoms. The van der Waals surface area contributed by atoms with Gasteiger partial charge in [-0.2, -0.15) is 4.98 Å². The monoisotopic (exact) mass is 537 g/mol. The molecule has 1 aromatic carbocycles. The third-order valence-electron chi connectivity index (χ3n) is 5.22. The quantitative estimate of drug-likeness (QED) is 0.252. The third kappa shape index (κ3) is 6.43. The van der Waals surface area contributed by atoms with Gasteiger partial charge in [0.1, 0.15) is 11.4 Å². The highest BCUT2D eigenvalue weighted by molar-refractivity contribution is 8.01. The van der Waals surface area contributed by atoms with Crippen LogP contribution in [0.5, 0.6) is 0 Å². The molecule has 0 spiro atoms. The topological polar surface area (TPSA) is 136 Å². The number of benzene rings is 1. The van der Waals surface area contributed by atoms with E-state index in [9.17, 15) is 18.0 Å². The normalized spacial score (nSPS) is 11.8. The van der Waals surface area contributed by atoms with Crippen LogP contribution in [0.1, 0.15) is 47.6 Å². The second-order valence-electron chi connectivity index (χ2n) is 8.57. The van der Waals surface area contributed by atoms with Gasteiger partial charge in [-0.25, -0.2) is 17.8 Å². The number of aryl methyl sites for hydroxylation is 2. The molecule has 9 nitrogen and oxygen atoms in total. The minimum absolute atomic E-state index is 0.0567. The van der Waals surface area contributed by atoms with Crippen molar-refractivity contribution in [2.24, 2.45) is 11.7 Å². The Hall–Kier alpha value is -2.41. The number of nitrogens with zero attached hydrogens (tertiary/aromatic N) is 2. The minimum atomic E-state index is -4.00. The van der Waals surface area contributed by atoms with Crippen molar-refractivity contribution in [2.45, 2.75) is 49.6 Å². The summed E-state index contributed by atoms with van der Waals surface area (Å²) in [6.45, 7) is 8.66. The number of imidazole rings is 1. The van der Waals surface area contributed by atoms with E-state index in [0.717, 1.165) is 21.9 Å². The van der Waals surface area contributed by atoms with Crippen LogP contribution in [-0.2, 0) is 10.0 Å². The molecule has 2 heterocycles. The fraction of sp³-hybridized carbons (Fsp3) is 0.435. The van der Waals surface area contributed by atoms with Crippen LogP contribution in [-0.4, -0.2) is 42.7 Å². The number of rotatable bonds is 11. The molecule has 0 atom stereocenters. The first-order chi connectivity index (χ1) is 16.5. The van der Waals surface area contributed by atoms with Crippen molar-refractivity contribution < 1.29 is 13.2 Å². The van der Waals surface area contributed by atoms with Crippen molar-refractivity contribution in [1.29, 1.82) is 0 Å². The van der Waals surface area contributed by atoms with E-state index in [2.05, 4.69) is 28.9 Å². The largest absolute Gasteiger partial charge is 0.355 e. The van der Waals surface area contributed by atoms with Crippen molar-refractivity contribution >= 4 is 44.8 Å². The van der Waals surface area contributed by atoms with E-state index in [-0.39, 0.29) is 16.4 Å². The molecule has 3 rings (SSSR count). The van der Waals surface area contributed by atoms with E-state index < -0.39 is 21.6 Å². The maximum atomic E-state index is 13.1. The Kier molecular flexibility index (Phi) is 8.97. The SMILES string of the molecule is Cc1ccc(S(=O)(=O)Nc2nc(=O)n3c(C(=O)NCCCN)c(C)sc(SCCC(C)C)c2-3)cc1. The molecule has 0 saturated heterocycles. The Labute approximate surface area is 213 Å². The van der Waals surface area contributed by atoms with Gasteiger partial charge in [-0.15, -0.1) is 23.1 Å². The number of hydrogen-bond donors (Lipinski definition) is 3. The lowest BCUT2D eigenvalue weighted by atomic mass is 10.2. The van der Waals surface area contributed by atoms with Crippen LogP contribution in [0.2, 0.25) is 0 Å². The minimum Gasteiger partial charge on any atom is -0.351 e. The molecule has 4 N–H and O–H groups in total. The van der Waals surface area contributed by atoms with Crippen molar-refractivity contribution in [3.05, 3.63) is 50.9 Å². The lowest BCUT2D eigenvalue weighted by molar-refractivity contribution is 0.0945. The van der Waals surface area contributed by atoms with E-state index in [1.807, 2.05) is 6.92 Å². The zero-order chi connectivity index (χ0) is 25.8. The first-order valence-electron chi connectivity index (χ1n) is 11.3. The summed E-state index contributed by atoms with van der Waals surface area (Å²) in [5.74, 6) is 0.736. The van der Waals surface area contributed by atoms with Crippen molar-refractivity contribution in [1.82, 2.24) is 14.9 Å². The van der Waals surface area contributed by atoms with Crippen LogP contribution in [0, 0.1) is 19.8 Å². The molecule has 0 fully saturated rings. The molecule has 0 aliphatic carbocycles. The first kappa shape index (κ1) is 27.2. The van der Waals surface area contributed by atoms with Crippen molar-refractivity contribution in [2.75, 3.05) is 23.6 Å². The summed E-state index contributed by atoms with van der Waals surface area (Å²) in [4.78, 5) is 30.7. The smallest absolute Gasteiger partial charge is 0.351 e. The highest BCUT2D eigenvalue weighted by Crippen LogP contribution is 2.39. The highest BCUT2D eigenvalue weighted by atomic mass is 32.2. The maximum Gasteiger partial charge on any atom is 0.355 e. The fourth-order valence-electron chi connectivity index (χ4n) is 3.30. The van der Waals surface area contributed by atoms with Crippen LogP contribution >= 0.6 is 23.1 Å². The van der Waals surface area contributed by atoms with E-state index in [1.165, 1.54) is 39.8 Å². The molecule has 0 radical (unpaired) electrons. The predicted molar refractivity (Wildman–Crippen MR) is 142 cm³/mol. The van der Waals surface area contributed by atoms with Crippen LogP contribution in [0.15, 0.2) is 38.2 Å². The molecule has 1 amide bonds. The maximum absolute atomic E-state index is 13.1. The first-order valence-corrected chi connectivity index (χ1v) is 14.6. The molecule has 2 aliphatic rings. The van der Waals surface area contributed by atoms with Gasteiger partial charge in [-0.1, -0.05) is 31.5 Å². The molecule has 0 aromatic heterocycles. The molecular weight excluding hydrogens is 506 g/mol. The molecule has 0 unspecified atom stereocenters. The molecule has 0 saturated carbocycles. The van der Waals surface area contributed by atoms with Gasteiger partial charge >= 0.3 is 5.69 Å². The summed E-state index contributed by atoms with van der Waals surface area (Å²) in [5, 5.41) is 2.78. The van der Waals surface area contributed by atoms with Crippen LogP contribution in [0.4, 0.5) is 5.82 Å². The number of hydrogen-bond acceptors (Lipinski definition) is 8. The number of nitrogens with one attached hydrogen (secondary N) is 2. The summed E-state index contributed by atoms with van der Waals surface area (Å²) >= 11 is 2.87. The number of thioether (sulfide) groups is 1. The average Bonchev–Trinajstić information content (AvgIpc) is 3.09. The molecule has 190 valence electrons. The summed E-state index contributed by atoms with van der Waals surface area (Å²) in [7, 11) is -4.00. The summed E-state index contributed by atoms with van der Waals surface area (Å²) < 4.78 is 30.6. The molecule has 35 heavy (non-hydrogen) atoms. The third-order valence-corrected chi connectivity index (χ3v) is 8.95. The van der Waals surface area contributed by atoms with Crippen molar-refractivity contribution in [3.63, 3.8) is 0 Å². The lowest BCUT2D eigenvalue weighted by Crippen LogP contribution is -2.32. The van der Waals surface area contributed by atoms with Gasteiger partial charge in [0.15, 0.2) is 5.82 Å². The van der Waals surface area contributed by atoms with Gasteiger partial charge < -0.3 is 11.1 Å². The van der Waals surface area contributed by atoms with Crippen LogP contribution in [0.25, 0.3) is 5.69 Å². The highest BCUT2D eigenvalue weighted by Gasteiger charge is 2.30. The van der Waals surface area contributed by atoms with Gasteiger partial charge in [0.25, 0.3) is 15.9 Å². The van der Waals surface area contributed by atoms with Gasteiger partial charge in [0, 0.05) is 11.4 Å². The standard InChI is InChI=1S/C23H31N5O4S3/c1-14(2)10-13-33-22-19-20(27-35(31,32)17-8-6-15(3)7-9-17)26-23(30)28(19)18(16(4)34-22)21(29)25-12-5-11-24/h6-9,14H,5,10-13,24H2,1-4H3,(H,25,29)(H,26,27,30). The second-order valence-corrected chi connectivity index (χ2v) is 12.8. The fourth-order valence-corrected chi connectivity index (χ4v) is 7.11. The Morgan fingerprint density at radius 3 is 2.54 bits per heavy atom. The van der Waals surface area contributed by atoms with Crippen LogP contribution < -0.4 is 21.5 Å². The number of aromatic nitrogens is 2. The summed E-state index contributed by atoms with van der Waals surface area (Å²) in [6.07, 6.45) is 1.53. The van der Waals surface area contributed by atoms with Crippen molar-refractivity contribution in [3.8, 4) is 5.69 Å². The van der Waals surface area contributed by atoms with Gasteiger partial charge in [0.2, 0.25) is 0 Å². The van der Waals surface area contributed by atoms with Gasteiger partial charge in [-0.05, 0) is 57.0 Å². The zero-order valence-electron chi connectivity index (χ0n) is 20.3. The molecule has 12 heteroatoms. The summed E-state index contributed by atoms with van der Waals surface area (Å²) in [6, 6.07) is 6.38. The number of sulfonamides is 1. The zero-order valence-corrected chi connectivity index (χ0v) is 22.7. The van der Waals surface area contributed by atoms with E-state index in [1.54, 1.807) is 19.1 Å². The van der Waals surface area contributed by atoms with Gasteiger partial charge in [-0.3, -0.25) is 9.52 Å².